The third-order valence-corrected chi connectivity index (χ3v) is 17.8. The molecular formula is C55H74ClFN10O6S2. The van der Waals surface area contributed by atoms with Crippen LogP contribution in [0.15, 0.2) is 64.2 Å². The second-order valence-electron chi connectivity index (χ2n) is 22.3. The SMILES string of the molecule is Cc1ncsc1-c1ccc(CNC(=O)[C@@H]2C[C@@H](O)CN2C(=O)[C@@H](NC(=O)C2(F)CC2)C(C)(C)C)c(OCCCCN2CCC(CCC(=O)Nc3cccc(Sc4cnc(N5CCC(C)(CN)CC5)cn4)c3Cl)CC2)c1. The number of benzene rings is 2. The van der Waals surface area contributed by atoms with Crippen molar-refractivity contribution in [3.8, 4) is 16.2 Å². The number of piperidine rings is 2. The highest BCUT2D eigenvalue weighted by Gasteiger charge is 2.53. The summed E-state index contributed by atoms with van der Waals surface area (Å²) in [4.78, 5) is 75.4. The molecule has 4 aliphatic rings. The van der Waals surface area contributed by atoms with Gasteiger partial charge in [-0.2, -0.15) is 0 Å². The number of aliphatic hydroxyl groups is 1. The van der Waals surface area contributed by atoms with Gasteiger partial charge in [-0.05, 0) is 131 Å². The van der Waals surface area contributed by atoms with Crippen molar-refractivity contribution in [1.82, 2.24) is 35.4 Å². The molecular weight excluding hydrogens is 1020 g/mol. The summed E-state index contributed by atoms with van der Waals surface area (Å²) >= 11 is 9.79. The molecule has 4 aromatic rings. The Morgan fingerprint density at radius 2 is 1.79 bits per heavy atom. The van der Waals surface area contributed by atoms with Crippen LogP contribution < -0.4 is 31.3 Å². The first kappa shape index (κ1) is 56.3. The van der Waals surface area contributed by atoms with E-state index in [1.54, 1.807) is 38.3 Å². The van der Waals surface area contributed by atoms with E-state index >= 15 is 0 Å². The van der Waals surface area contributed by atoms with Crippen molar-refractivity contribution in [1.29, 1.82) is 0 Å². The second-order valence-corrected chi connectivity index (χ2v) is 24.6. The minimum atomic E-state index is -1.97. The van der Waals surface area contributed by atoms with Crippen LogP contribution in [0, 0.1) is 23.7 Å². The number of nitrogens with zero attached hydrogens (tertiary/aromatic N) is 6. The smallest absolute Gasteiger partial charge is 0.258 e. The van der Waals surface area contributed by atoms with Gasteiger partial charge in [-0.3, -0.25) is 19.2 Å². The Labute approximate surface area is 453 Å². The van der Waals surface area contributed by atoms with Crippen LogP contribution in [0.1, 0.15) is 110 Å². The first-order valence-electron chi connectivity index (χ1n) is 26.5. The lowest BCUT2D eigenvalue weighted by molar-refractivity contribution is -0.145. The molecule has 1 saturated carbocycles. The van der Waals surface area contributed by atoms with Crippen LogP contribution in [0.25, 0.3) is 10.4 Å². The molecule has 0 radical (unpaired) electrons. The maximum Gasteiger partial charge on any atom is 0.258 e. The second kappa shape index (κ2) is 24.6. The summed E-state index contributed by atoms with van der Waals surface area (Å²) in [6.45, 7) is 15.4. The van der Waals surface area contributed by atoms with Gasteiger partial charge in [-0.25, -0.2) is 19.3 Å². The highest BCUT2D eigenvalue weighted by Crippen LogP contribution is 2.41. The predicted octanol–water partition coefficient (Wildman–Crippen LogP) is 8.18. The molecule has 3 saturated heterocycles. The van der Waals surface area contributed by atoms with E-state index in [1.807, 2.05) is 55.0 Å². The minimum Gasteiger partial charge on any atom is -0.493 e. The number of nitrogens with one attached hydrogen (secondary N) is 3. The number of hydrogen-bond donors (Lipinski definition) is 5. The number of ether oxygens (including phenoxy) is 1. The van der Waals surface area contributed by atoms with Gasteiger partial charge in [0.2, 0.25) is 17.7 Å². The van der Waals surface area contributed by atoms with Crippen molar-refractivity contribution in [2.45, 2.75) is 146 Å². The number of amides is 4. The standard InChI is InChI=1S/C55H74ClFN10O6S2/c1-35-48(74-34-62-35)37-12-13-38(29-61-50(70)41-28-39(68)32-67(41)51(71)49(53(2,3)4)64-52(72)55(57)17-18-55)42(27-37)73-26-7-6-21-65-22-15-36(16-23-65)11-14-45(69)63-40-9-8-10-43(47(40)56)75-46-31-59-44(30-60-46)66-24-19-54(5,33-58)20-25-66/h8-10,12-13,27,30-31,34,36,39,41,49,68H,6-7,11,14-26,28-29,32-33,58H2,1-5H3,(H,61,70)(H,63,69)(H,64,72)/t39-,41+,49-/m1/s1. The van der Waals surface area contributed by atoms with Gasteiger partial charge in [0.1, 0.15) is 28.7 Å². The van der Waals surface area contributed by atoms with Crippen LogP contribution in [0.3, 0.4) is 0 Å². The summed E-state index contributed by atoms with van der Waals surface area (Å²) in [5, 5.41) is 20.5. The largest absolute Gasteiger partial charge is 0.493 e. The molecule has 0 bridgehead atoms. The maximum absolute atomic E-state index is 14.7. The van der Waals surface area contributed by atoms with E-state index in [1.165, 1.54) is 16.7 Å². The first-order valence-corrected chi connectivity index (χ1v) is 28.6. The first-order chi connectivity index (χ1) is 35.8. The highest BCUT2D eigenvalue weighted by atomic mass is 35.5. The molecule has 0 unspecified atom stereocenters. The molecule has 6 N–H and O–H groups in total. The molecule has 75 heavy (non-hydrogen) atoms. The van der Waals surface area contributed by atoms with E-state index in [2.05, 4.69) is 47.6 Å². The lowest BCUT2D eigenvalue weighted by Gasteiger charge is -2.39. The zero-order valence-electron chi connectivity index (χ0n) is 44.0. The number of likely N-dealkylation sites (tertiary alicyclic amines) is 2. The number of aryl methyl sites for hydroxylation is 1. The van der Waals surface area contributed by atoms with Gasteiger partial charge in [-0.1, -0.05) is 69.3 Å². The number of thiazole rings is 1. The fourth-order valence-corrected chi connectivity index (χ4v) is 11.9. The summed E-state index contributed by atoms with van der Waals surface area (Å²) in [6.07, 6.45) is 10.00. The van der Waals surface area contributed by atoms with Gasteiger partial charge >= 0.3 is 0 Å². The fraction of sp³-hybridized carbons (Fsp3) is 0.582. The molecule has 1 aliphatic carbocycles. The van der Waals surface area contributed by atoms with Gasteiger partial charge in [-0.15, -0.1) is 11.3 Å². The molecule has 16 nitrogen and oxygen atoms in total. The van der Waals surface area contributed by atoms with Crippen LogP contribution in [-0.2, 0) is 25.7 Å². The van der Waals surface area contributed by atoms with Crippen LogP contribution in [0.2, 0.25) is 5.02 Å². The van der Waals surface area contributed by atoms with Crippen LogP contribution in [0.5, 0.6) is 5.75 Å². The maximum atomic E-state index is 14.7. The average molecular weight is 1090 g/mol. The molecule has 2 aromatic carbocycles. The van der Waals surface area contributed by atoms with E-state index in [-0.39, 0.29) is 43.7 Å². The number of alkyl halides is 1. The normalized spacial score (nSPS) is 20.1. The molecule has 406 valence electrons. The number of nitrogens with two attached hydrogens (primary N) is 1. The minimum absolute atomic E-state index is 0.0342. The van der Waals surface area contributed by atoms with Crippen LogP contribution >= 0.6 is 34.7 Å². The van der Waals surface area contributed by atoms with Crippen LogP contribution in [0.4, 0.5) is 15.9 Å². The van der Waals surface area contributed by atoms with Gasteiger partial charge in [0.25, 0.3) is 5.91 Å². The zero-order chi connectivity index (χ0) is 53.5. The quantitative estimate of drug-likeness (QED) is 0.0500. The van der Waals surface area contributed by atoms with E-state index in [0.29, 0.717) is 41.9 Å². The van der Waals surface area contributed by atoms with Crippen molar-refractivity contribution in [3.05, 3.63) is 70.6 Å². The zero-order valence-corrected chi connectivity index (χ0v) is 46.4. The van der Waals surface area contributed by atoms with E-state index in [9.17, 15) is 28.7 Å². The Hall–Kier alpha value is -4.92. The number of anilines is 2. The molecule has 8 rings (SSSR count). The lowest BCUT2D eigenvalue weighted by atomic mass is 9.80. The summed E-state index contributed by atoms with van der Waals surface area (Å²) in [5.74, 6) is 0.106. The molecule has 4 fully saturated rings. The number of carbonyl (C=O) groups is 4. The Kier molecular flexibility index (Phi) is 18.5. The molecule has 5 heterocycles. The van der Waals surface area contributed by atoms with Gasteiger partial charge in [0.05, 0.1) is 51.9 Å². The Bertz CT molecular complexity index is 2630. The van der Waals surface area contributed by atoms with Crippen molar-refractivity contribution in [2.24, 2.45) is 22.5 Å². The van der Waals surface area contributed by atoms with Crippen molar-refractivity contribution in [3.63, 3.8) is 0 Å². The molecule has 3 atom stereocenters. The third-order valence-electron chi connectivity index (χ3n) is 15.3. The Morgan fingerprint density at radius 1 is 1.03 bits per heavy atom. The number of hydrogen-bond acceptors (Lipinski definition) is 14. The number of aromatic nitrogens is 3. The van der Waals surface area contributed by atoms with Crippen molar-refractivity contribution >= 4 is 69.8 Å². The number of carbonyl (C=O) groups excluding carboxylic acids is 4. The number of aliphatic hydroxyl groups excluding tert-OH is 1. The Morgan fingerprint density at radius 3 is 2.45 bits per heavy atom. The van der Waals surface area contributed by atoms with Crippen LogP contribution in [-0.4, -0.2) is 130 Å². The summed E-state index contributed by atoms with van der Waals surface area (Å²) < 4.78 is 21.1. The molecule has 2 aromatic heterocycles. The Balaban J connectivity index is 0.767. The number of halogens is 2. The third kappa shape index (κ3) is 14.6. The van der Waals surface area contributed by atoms with Crippen molar-refractivity contribution in [2.75, 3.05) is 62.6 Å². The molecule has 3 aliphatic heterocycles. The summed E-state index contributed by atoms with van der Waals surface area (Å²) in [5.41, 5.74) is 8.44. The van der Waals surface area contributed by atoms with Gasteiger partial charge in [0, 0.05) is 49.5 Å². The van der Waals surface area contributed by atoms with E-state index in [4.69, 9.17) is 22.1 Å². The summed E-state index contributed by atoms with van der Waals surface area (Å²) in [7, 11) is 0. The molecule has 0 spiro atoms. The van der Waals surface area contributed by atoms with Gasteiger partial charge < -0.3 is 46.2 Å². The number of rotatable bonds is 21. The number of unbranched alkanes of at least 4 members (excludes halogenated alkanes) is 1. The average Bonchev–Trinajstić information content (AvgIpc) is 3.80. The fourth-order valence-electron chi connectivity index (χ4n) is 10.0. The predicted molar refractivity (Wildman–Crippen MR) is 293 cm³/mol. The monoisotopic (exact) mass is 1090 g/mol. The topological polar surface area (TPSA) is 208 Å². The lowest BCUT2D eigenvalue weighted by Crippen LogP contribution is -2.59. The molecule has 20 heteroatoms. The van der Waals surface area contributed by atoms with Crippen molar-refractivity contribution < 1.29 is 33.4 Å². The van der Waals surface area contributed by atoms with Gasteiger partial charge in [0.15, 0.2) is 5.67 Å². The summed E-state index contributed by atoms with van der Waals surface area (Å²) in [6, 6.07) is 9.45. The number of β-amino-alcohol motifs (C(OH)–C–C–N with tert-alkyl or cyclic N) is 1. The van der Waals surface area contributed by atoms with E-state index in [0.717, 1.165) is 115 Å². The van der Waals surface area contributed by atoms with E-state index < -0.39 is 47.0 Å². The highest BCUT2D eigenvalue weighted by molar-refractivity contribution is 7.99. The molecule has 4 amide bonds.